The minimum absolute atomic E-state index is 0.0676. The SMILES string of the molecule is CN(C)C(=O)C[C@H]1CN2C[C@H](NC(=O)c3cccc(-n4cnnc4)c3)C[C@H]2CO1. The van der Waals surface area contributed by atoms with Crippen molar-refractivity contribution in [3.63, 3.8) is 0 Å². The Morgan fingerprint density at radius 2 is 2.03 bits per heavy atom. The molecule has 0 aliphatic carbocycles. The second-order valence-electron chi connectivity index (χ2n) is 7.88. The van der Waals surface area contributed by atoms with E-state index in [4.69, 9.17) is 4.74 Å². The first kappa shape index (κ1) is 19.5. The summed E-state index contributed by atoms with van der Waals surface area (Å²) in [6, 6.07) is 7.74. The van der Waals surface area contributed by atoms with Gasteiger partial charge in [-0.3, -0.25) is 19.1 Å². The number of nitrogens with zero attached hydrogens (tertiary/aromatic N) is 5. The van der Waals surface area contributed by atoms with Gasteiger partial charge in [-0.15, -0.1) is 10.2 Å². The molecule has 3 heterocycles. The average Bonchev–Trinajstić information content (AvgIpc) is 3.37. The van der Waals surface area contributed by atoms with E-state index in [9.17, 15) is 9.59 Å². The summed E-state index contributed by atoms with van der Waals surface area (Å²) in [5.41, 5.74) is 1.44. The number of rotatable bonds is 5. The molecule has 2 aromatic rings. The van der Waals surface area contributed by atoms with Crippen LogP contribution in [-0.4, -0.2) is 88.4 Å². The monoisotopic (exact) mass is 398 g/mol. The van der Waals surface area contributed by atoms with Crippen molar-refractivity contribution in [2.24, 2.45) is 0 Å². The Balaban J connectivity index is 1.34. The number of hydrogen-bond acceptors (Lipinski definition) is 6. The zero-order valence-electron chi connectivity index (χ0n) is 16.7. The van der Waals surface area contributed by atoms with Gasteiger partial charge in [-0.05, 0) is 24.6 Å². The number of ether oxygens (including phenoxy) is 1. The molecule has 2 amide bonds. The summed E-state index contributed by atoms with van der Waals surface area (Å²) in [5.74, 6) is -0.0181. The molecule has 0 spiro atoms. The van der Waals surface area contributed by atoms with Crippen LogP contribution >= 0.6 is 0 Å². The van der Waals surface area contributed by atoms with Gasteiger partial charge in [0.2, 0.25) is 5.91 Å². The molecule has 2 aliphatic heterocycles. The van der Waals surface area contributed by atoms with Gasteiger partial charge < -0.3 is 15.0 Å². The molecule has 29 heavy (non-hydrogen) atoms. The van der Waals surface area contributed by atoms with Crippen molar-refractivity contribution >= 4 is 11.8 Å². The molecule has 0 radical (unpaired) electrons. The molecule has 9 heteroatoms. The summed E-state index contributed by atoms with van der Waals surface area (Å²) < 4.78 is 7.65. The van der Waals surface area contributed by atoms with E-state index in [1.165, 1.54) is 0 Å². The predicted molar refractivity (Wildman–Crippen MR) is 106 cm³/mol. The van der Waals surface area contributed by atoms with Crippen molar-refractivity contribution in [2.75, 3.05) is 33.8 Å². The van der Waals surface area contributed by atoms with Crippen molar-refractivity contribution in [1.82, 2.24) is 29.9 Å². The van der Waals surface area contributed by atoms with Crippen LogP contribution in [0.4, 0.5) is 0 Å². The molecule has 1 N–H and O–H groups in total. The number of nitrogens with one attached hydrogen (secondary N) is 1. The van der Waals surface area contributed by atoms with Gasteiger partial charge in [-0.1, -0.05) is 6.07 Å². The number of hydrogen-bond donors (Lipinski definition) is 1. The number of carbonyl (C=O) groups is 2. The Bertz CT molecular complexity index is 869. The summed E-state index contributed by atoms with van der Waals surface area (Å²) in [6.07, 6.45) is 4.36. The number of morpholine rings is 1. The molecule has 2 fully saturated rings. The number of aromatic nitrogens is 3. The largest absolute Gasteiger partial charge is 0.375 e. The maximum absolute atomic E-state index is 12.8. The predicted octanol–water partition coefficient (Wildman–Crippen LogP) is 0.317. The lowest BCUT2D eigenvalue weighted by Gasteiger charge is -2.35. The van der Waals surface area contributed by atoms with Crippen LogP contribution in [0.15, 0.2) is 36.9 Å². The molecule has 1 aromatic carbocycles. The molecular formula is C20H26N6O3. The Kier molecular flexibility index (Phi) is 5.59. The minimum Gasteiger partial charge on any atom is -0.375 e. The molecule has 0 bridgehead atoms. The van der Waals surface area contributed by atoms with Gasteiger partial charge in [-0.2, -0.15) is 0 Å². The van der Waals surface area contributed by atoms with Gasteiger partial charge >= 0.3 is 0 Å². The van der Waals surface area contributed by atoms with E-state index in [1.807, 2.05) is 18.2 Å². The Hall–Kier alpha value is -2.78. The van der Waals surface area contributed by atoms with E-state index in [-0.39, 0.29) is 30.0 Å². The summed E-state index contributed by atoms with van der Waals surface area (Å²) in [4.78, 5) is 28.6. The molecule has 2 saturated heterocycles. The third-order valence-electron chi connectivity index (χ3n) is 5.55. The molecule has 154 valence electrons. The highest BCUT2D eigenvalue weighted by Gasteiger charge is 2.38. The average molecular weight is 398 g/mol. The fourth-order valence-electron chi connectivity index (χ4n) is 3.96. The van der Waals surface area contributed by atoms with Crippen LogP contribution in [0.5, 0.6) is 0 Å². The fourth-order valence-corrected chi connectivity index (χ4v) is 3.96. The summed E-state index contributed by atoms with van der Waals surface area (Å²) in [5, 5.41) is 10.8. The van der Waals surface area contributed by atoms with Crippen LogP contribution < -0.4 is 5.32 Å². The van der Waals surface area contributed by atoms with Crippen molar-refractivity contribution in [3.05, 3.63) is 42.5 Å². The minimum atomic E-state index is -0.0926. The first-order chi connectivity index (χ1) is 14.0. The van der Waals surface area contributed by atoms with Crippen LogP contribution in [0.25, 0.3) is 5.69 Å². The van der Waals surface area contributed by atoms with Crippen LogP contribution in [0, 0.1) is 0 Å². The summed E-state index contributed by atoms with van der Waals surface area (Å²) >= 11 is 0. The Morgan fingerprint density at radius 3 is 2.79 bits per heavy atom. The Morgan fingerprint density at radius 1 is 1.24 bits per heavy atom. The van der Waals surface area contributed by atoms with E-state index in [0.717, 1.165) is 25.2 Å². The lowest BCUT2D eigenvalue weighted by Crippen LogP contribution is -2.47. The maximum atomic E-state index is 12.8. The number of benzene rings is 1. The van der Waals surface area contributed by atoms with Gasteiger partial charge in [0.1, 0.15) is 12.7 Å². The lowest BCUT2D eigenvalue weighted by atomic mass is 10.1. The lowest BCUT2D eigenvalue weighted by molar-refractivity contribution is -0.134. The second kappa shape index (κ2) is 8.30. The van der Waals surface area contributed by atoms with E-state index in [1.54, 1.807) is 42.3 Å². The van der Waals surface area contributed by atoms with Crippen LogP contribution in [0.3, 0.4) is 0 Å². The van der Waals surface area contributed by atoms with E-state index >= 15 is 0 Å². The van der Waals surface area contributed by atoms with E-state index in [0.29, 0.717) is 18.6 Å². The fraction of sp³-hybridized carbons (Fsp3) is 0.500. The van der Waals surface area contributed by atoms with E-state index in [2.05, 4.69) is 20.4 Å². The number of carbonyl (C=O) groups excluding carboxylic acids is 2. The van der Waals surface area contributed by atoms with Crippen LogP contribution in [0.2, 0.25) is 0 Å². The smallest absolute Gasteiger partial charge is 0.251 e. The van der Waals surface area contributed by atoms with Gasteiger partial charge in [0.25, 0.3) is 5.91 Å². The van der Waals surface area contributed by atoms with Crippen molar-refractivity contribution in [3.8, 4) is 5.69 Å². The van der Waals surface area contributed by atoms with Crippen molar-refractivity contribution < 1.29 is 14.3 Å². The Labute approximate surface area is 169 Å². The first-order valence-electron chi connectivity index (χ1n) is 9.81. The van der Waals surface area contributed by atoms with Gasteiger partial charge in [0.15, 0.2) is 0 Å². The van der Waals surface area contributed by atoms with Gasteiger partial charge in [0, 0.05) is 50.5 Å². The molecule has 0 saturated carbocycles. The quantitative estimate of drug-likeness (QED) is 0.780. The van der Waals surface area contributed by atoms with Gasteiger partial charge in [0.05, 0.1) is 19.1 Å². The van der Waals surface area contributed by atoms with Crippen LogP contribution in [-0.2, 0) is 9.53 Å². The van der Waals surface area contributed by atoms with Gasteiger partial charge in [-0.25, -0.2) is 0 Å². The maximum Gasteiger partial charge on any atom is 0.251 e. The highest BCUT2D eigenvalue weighted by molar-refractivity contribution is 5.95. The third kappa shape index (κ3) is 4.46. The van der Waals surface area contributed by atoms with Crippen molar-refractivity contribution in [1.29, 1.82) is 0 Å². The van der Waals surface area contributed by atoms with Crippen molar-refractivity contribution in [2.45, 2.75) is 31.0 Å². The molecular weight excluding hydrogens is 372 g/mol. The number of amides is 2. The normalized spacial score (nSPS) is 24.1. The second-order valence-corrected chi connectivity index (χ2v) is 7.88. The highest BCUT2D eigenvalue weighted by Crippen LogP contribution is 2.25. The first-order valence-corrected chi connectivity index (χ1v) is 9.81. The van der Waals surface area contributed by atoms with E-state index < -0.39 is 0 Å². The highest BCUT2D eigenvalue weighted by atomic mass is 16.5. The molecule has 3 atom stereocenters. The number of fused-ring (bicyclic) bond motifs is 1. The topological polar surface area (TPSA) is 92.6 Å². The zero-order chi connectivity index (χ0) is 20.4. The standard InChI is InChI=1S/C20H26N6O3/c1-24(2)19(27)8-18-10-25-9-15(7-17(25)11-29-18)23-20(28)14-4-3-5-16(6-14)26-12-21-22-13-26/h3-6,12-13,15,17-18H,7-11H2,1-2H3,(H,23,28)/t15-,17+,18+/m1/s1. The molecule has 4 rings (SSSR count). The molecule has 9 nitrogen and oxygen atoms in total. The third-order valence-corrected chi connectivity index (χ3v) is 5.55. The zero-order valence-corrected chi connectivity index (χ0v) is 16.7. The summed E-state index contributed by atoms with van der Waals surface area (Å²) in [6.45, 7) is 2.10. The molecule has 1 aromatic heterocycles. The molecule has 0 unspecified atom stereocenters. The summed E-state index contributed by atoms with van der Waals surface area (Å²) in [7, 11) is 3.52. The molecule has 2 aliphatic rings. The van der Waals surface area contributed by atoms with Crippen LogP contribution in [0.1, 0.15) is 23.2 Å².